The number of aromatic nitrogens is 2. The summed E-state index contributed by atoms with van der Waals surface area (Å²) in [5.74, 6) is 1.45. The van der Waals surface area contributed by atoms with Crippen molar-refractivity contribution in [1.82, 2.24) is 15.3 Å². The van der Waals surface area contributed by atoms with Gasteiger partial charge in [0.25, 0.3) is 0 Å². The van der Waals surface area contributed by atoms with Crippen LogP contribution in [0.5, 0.6) is 0 Å². The molecule has 4 nitrogen and oxygen atoms in total. The zero-order valence-electron chi connectivity index (χ0n) is 11.0. The predicted octanol–water partition coefficient (Wildman–Crippen LogP) is 3.58. The molecule has 1 aromatic carbocycles. The van der Waals surface area contributed by atoms with Crippen molar-refractivity contribution >= 4 is 22.6 Å². The molecule has 0 fully saturated rings. The zero-order chi connectivity index (χ0) is 13.9. The Morgan fingerprint density at radius 3 is 2.75 bits per heavy atom. The highest BCUT2D eigenvalue weighted by molar-refractivity contribution is 6.34. The third-order valence-electron chi connectivity index (χ3n) is 3.05. The van der Waals surface area contributed by atoms with Crippen molar-refractivity contribution in [2.45, 2.75) is 13.0 Å². The molecule has 0 aliphatic carbocycles. The maximum absolute atomic E-state index is 6.15. The van der Waals surface area contributed by atoms with Crippen LogP contribution in [0, 0.1) is 0 Å². The molecule has 2 aromatic heterocycles. The molecule has 0 aliphatic heterocycles. The first-order chi connectivity index (χ1) is 9.79. The lowest BCUT2D eigenvalue weighted by Crippen LogP contribution is -2.23. The fraction of sp³-hybridized carbons (Fsp3) is 0.200. The summed E-state index contributed by atoms with van der Waals surface area (Å²) in [6, 6.07) is 9.30. The maximum Gasteiger partial charge on any atom is 0.152 e. The second kappa shape index (κ2) is 5.61. The van der Waals surface area contributed by atoms with Crippen LogP contribution in [-0.4, -0.2) is 16.5 Å². The Labute approximate surface area is 121 Å². The highest BCUT2D eigenvalue weighted by Crippen LogP contribution is 2.30. The molecule has 0 bridgehead atoms. The van der Waals surface area contributed by atoms with Gasteiger partial charge < -0.3 is 9.73 Å². The number of rotatable bonds is 4. The summed E-state index contributed by atoms with van der Waals surface area (Å²) in [7, 11) is 0. The smallest absolute Gasteiger partial charge is 0.152 e. The molecule has 3 aromatic rings. The molecule has 0 saturated heterocycles. The van der Waals surface area contributed by atoms with Crippen LogP contribution >= 0.6 is 11.6 Å². The highest BCUT2D eigenvalue weighted by Gasteiger charge is 2.20. The van der Waals surface area contributed by atoms with Crippen LogP contribution in [-0.2, 0) is 0 Å². The minimum absolute atomic E-state index is 0.176. The first-order valence-corrected chi connectivity index (χ1v) is 6.85. The minimum atomic E-state index is -0.176. The van der Waals surface area contributed by atoms with Gasteiger partial charge in [-0.15, -0.1) is 0 Å². The van der Waals surface area contributed by atoms with Crippen LogP contribution in [0.25, 0.3) is 11.0 Å². The zero-order valence-corrected chi connectivity index (χ0v) is 11.8. The molecule has 0 radical (unpaired) electrons. The van der Waals surface area contributed by atoms with Crippen molar-refractivity contribution in [3.05, 3.63) is 59.3 Å². The van der Waals surface area contributed by atoms with Crippen LogP contribution < -0.4 is 5.32 Å². The van der Waals surface area contributed by atoms with Gasteiger partial charge in [0.1, 0.15) is 11.8 Å². The van der Waals surface area contributed by atoms with Crippen LogP contribution in [0.1, 0.15) is 24.6 Å². The molecule has 3 rings (SSSR count). The molecule has 5 heteroatoms. The Kier molecular flexibility index (Phi) is 3.67. The Hall–Kier alpha value is -1.91. The molecule has 102 valence electrons. The second-order valence-electron chi connectivity index (χ2n) is 4.40. The van der Waals surface area contributed by atoms with E-state index in [0.717, 1.165) is 17.7 Å². The molecule has 2 heterocycles. The van der Waals surface area contributed by atoms with Gasteiger partial charge >= 0.3 is 0 Å². The minimum Gasteiger partial charge on any atom is -0.457 e. The van der Waals surface area contributed by atoms with Crippen molar-refractivity contribution < 1.29 is 4.42 Å². The van der Waals surface area contributed by atoms with Crippen molar-refractivity contribution in [3.8, 4) is 0 Å². The van der Waals surface area contributed by atoms with Gasteiger partial charge in [0.05, 0.1) is 5.02 Å². The van der Waals surface area contributed by atoms with Gasteiger partial charge in [-0.05, 0) is 24.7 Å². The Morgan fingerprint density at radius 2 is 2.05 bits per heavy atom. The molecule has 1 N–H and O–H groups in total. The van der Waals surface area contributed by atoms with E-state index < -0.39 is 0 Å². The van der Waals surface area contributed by atoms with E-state index in [-0.39, 0.29) is 6.04 Å². The monoisotopic (exact) mass is 287 g/mol. The number of fused-ring (bicyclic) bond motifs is 1. The van der Waals surface area contributed by atoms with E-state index in [1.165, 1.54) is 0 Å². The van der Waals surface area contributed by atoms with E-state index in [1.54, 1.807) is 18.5 Å². The number of nitrogens with one attached hydrogen (secondary N) is 1. The fourth-order valence-electron chi connectivity index (χ4n) is 2.17. The second-order valence-corrected chi connectivity index (χ2v) is 4.81. The molecule has 20 heavy (non-hydrogen) atoms. The van der Waals surface area contributed by atoms with Gasteiger partial charge in [0.2, 0.25) is 0 Å². The number of hydrogen-bond donors (Lipinski definition) is 1. The Balaban J connectivity index is 2.08. The van der Waals surface area contributed by atoms with E-state index in [2.05, 4.69) is 15.3 Å². The number of para-hydroxylation sites is 1. The van der Waals surface area contributed by atoms with Gasteiger partial charge in [-0.25, -0.2) is 9.97 Å². The number of hydrogen-bond acceptors (Lipinski definition) is 4. The normalized spacial score (nSPS) is 12.7. The lowest BCUT2D eigenvalue weighted by Gasteiger charge is -2.13. The van der Waals surface area contributed by atoms with E-state index in [0.29, 0.717) is 16.4 Å². The SMILES string of the molecule is CCNC(c1ncccn1)c1cc2cccc(Cl)c2o1. The molecule has 1 atom stereocenters. The fourth-order valence-corrected chi connectivity index (χ4v) is 2.39. The summed E-state index contributed by atoms with van der Waals surface area (Å²) in [5, 5.41) is 4.92. The summed E-state index contributed by atoms with van der Waals surface area (Å²) in [6.07, 6.45) is 3.45. The molecule has 0 spiro atoms. The van der Waals surface area contributed by atoms with Crippen LogP contribution in [0.15, 0.2) is 47.1 Å². The van der Waals surface area contributed by atoms with Crippen LogP contribution in [0.2, 0.25) is 5.02 Å². The van der Waals surface area contributed by atoms with Gasteiger partial charge in [-0.3, -0.25) is 0 Å². The van der Waals surface area contributed by atoms with Crippen molar-refractivity contribution in [1.29, 1.82) is 0 Å². The van der Waals surface area contributed by atoms with E-state index in [1.807, 2.05) is 31.2 Å². The van der Waals surface area contributed by atoms with Gasteiger partial charge in [0.15, 0.2) is 11.4 Å². The Morgan fingerprint density at radius 1 is 1.25 bits per heavy atom. The van der Waals surface area contributed by atoms with Gasteiger partial charge in [-0.2, -0.15) is 0 Å². The largest absolute Gasteiger partial charge is 0.457 e. The maximum atomic E-state index is 6.15. The molecule has 0 aliphatic rings. The number of furan rings is 1. The molecular weight excluding hydrogens is 274 g/mol. The van der Waals surface area contributed by atoms with Crippen LogP contribution in [0.4, 0.5) is 0 Å². The van der Waals surface area contributed by atoms with Crippen molar-refractivity contribution in [2.24, 2.45) is 0 Å². The average Bonchev–Trinajstić information content (AvgIpc) is 2.91. The summed E-state index contributed by atoms with van der Waals surface area (Å²) >= 11 is 6.15. The van der Waals surface area contributed by atoms with Crippen LogP contribution in [0.3, 0.4) is 0 Å². The van der Waals surface area contributed by atoms with Gasteiger partial charge in [-0.1, -0.05) is 30.7 Å². The van der Waals surface area contributed by atoms with Crippen molar-refractivity contribution in [2.75, 3.05) is 6.54 Å². The lowest BCUT2D eigenvalue weighted by molar-refractivity contribution is 0.464. The van der Waals surface area contributed by atoms with E-state index in [9.17, 15) is 0 Å². The predicted molar refractivity (Wildman–Crippen MR) is 78.8 cm³/mol. The molecule has 1 unspecified atom stereocenters. The molecule has 0 amide bonds. The first kappa shape index (κ1) is 13.1. The average molecular weight is 288 g/mol. The van der Waals surface area contributed by atoms with Gasteiger partial charge in [0, 0.05) is 17.8 Å². The molecular formula is C15H14ClN3O. The summed E-state index contributed by atoms with van der Waals surface area (Å²) < 4.78 is 5.89. The number of halogens is 1. The third kappa shape index (κ3) is 2.40. The quantitative estimate of drug-likeness (QED) is 0.797. The summed E-state index contributed by atoms with van der Waals surface area (Å²) in [4.78, 5) is 8.60. The van der Waals surface area contributed by atoms with E-state index >= 15 is 0 Å². The van der Waals surface area contributed by atoms with E-state index in [4.69, 9.17) is 16.0 Å². The first-order valence-electron chi connectivity index (χ1n) is 6.48. The highest BCUT2D eigenvalue weighted by atomic mass is 35.5. The van der Waals surface area contributed by atoms with Crippen molar-refractivity contribution in [3.63, 3.8) is 0 Å². The lowest BCUT2D eigenvalue weighted by atomic mass is 10.2. The summed E-state index contributed by atoms with van der Waals surface area (Å²) in [5.41, 5.74) is 0.697. The molecule has 0 saturated carbocycles. The number of benzene rings is 1. The Bertz CT molecular complexity index is 711. The number of nitrogens with zero attached hydrogens (tertiary/aromatic N) is 2. The topological polar surface area (TPSA) is 51.0 Å². The third-order valence-corrected chi connectivity index (χ3v) is 3.35. The summed E-state index contributed by atoms with van der Waals surface area (Å²) in [6.45, 7) is 2.82. The standard InChI is InChI=1S/C15H14ClN3O/c1-2-17-13(15-18-7-4-8-19-15)12-9-10-5-3-6-11(16)14(10)20-12/h3-9,13,17H,2H2,1H3.